The maximum atomic E-state index is 12.9. The van der Waals surface area contributed by atoms with Gasteiger partial charge >= 0.3 is 0 Å². The number of aryl methyl sites for hydroxylation is 1. The van der Waals surface area contributed by atoms with Crippen molar-refractivity contribution in [2.75, 3.05) is 50.1 Å². The van der Waals surface area contributed by atoms with E-state index < -0.39 is 0 Å². The van der Waals surface area contributed by atoms with Crippen LogP contribution in [0.1, 0.15) is 35.3 Å². The van der Waals surface area contributed by atoms with Crippen molar-refractivity contribution in [3.63, 3.8) is 0 Å². The molecule has 1 heterocycles. The van der Waals surface area contributed by atoms with Gasteiger partial charge in [0.05, 0.1) is 13.7 Å². The van der Waals surface area contributed by atoms with Crippen LogP contribution in [0.25, 0.3) is 6.08 Å². The van der Waals surface area contributed by atoms with Crippen molar-refractivity contribution in [3.05, 3.63) is 89.5 Å². The minimum atomic E-state index is -0.218. The summed E-state index contributed by atoms with van der Waals surface area (Å²) in [6.45, 7) is 7.45. The van der Waals surface area contributed by atoms with Gasteiger partial charge in [0.25, 0.3) is 5.91 Å². The van der Waals surface area contributed by atoms with Crippen molar-refractivity contribution in [2.45, 2.75) is 20.3 Å². The van der Waals surface area contributed by atoms with Crippen molar-refractivity contribution in [1.29, 1.82) is 0 Å². The molecular weight excluding hydrogens is 478 g/mol. The molecule has 0 radical (unpaired) electrons. The van der Waals surface area contributed by atoms with E-state index in [4.69, 9.17) is 9.47 Å². The predicted molar refractivity (Wildman–Crippen MR) is 152 cm³/mol. The first-order valence-electron chi connectivity index (χ1n) is 13.0. The lowest BCUT2D eigenvalue weighted by atomic mass is 10.1. The van der Waals surface area contributed by atoms with Gasteiger partial charge in [0.1, 0.15) is 0 Å². The molecule has 0 aliphatic carbocycles. The summed E-state index contributed by atoms with van der Waals surface area (Å²) in [4.78, 5) is 29.5. The number of carbonyl (C=O) groups excluding carboxylic acids is 2. The van der Waals surface area contributed by atoms with Gasteiger partial charge in [-0.25, -0.2) is 0 Å². The Labute approximate surface area is 224 Å². The average Bonchev–Trinajstić information content (AvgIpc) is 2.97. The first-order valence-corrected chi connectivity index (χ1v) is 13.0. The minimum absolute atomic E-state index is 0.0853. The molecule has 0 aromatic heterocycles. The van der Waals surface area contributed by atoms with Crippen molar-refractivity contribution < 1.29 is 19.1 Å². The maximum Gasteiger partial charge on any atom is 0.253 e. The quantitative estimate of drug-likeness (QED) is 0.395. The normalized spacial score (nSPS) is 13.4. The summed E-state index contributed by atoms with van der Waals surface area (Å²) in [7, 11) is 1.59. The Morgan fingerprint density at radius 1 is 0.895 bits per heavy atom. The highest BCUT2D eigenvalue weighted by molar-refractivity contribution is 6.02. The number of carbonyl (C=O) groups is 2. The van der Waals surface area contributed by atoms with Gasteiger partial charge in [-0.05, 0) is 79.1 Å². The molecule has 1 fully saturated rings. The molecule has 1 N–H and O–H groups in total. The van der Waals surface area contributed by atoms with E-state index in [1.54, 1.807) is 13.2 Å². The zero-order valence-corrected chi connectivity index (χ0v) is 22.3. The molecule has 3 aromatic rings. The number of ether oxygens (including phenoxy) is 2. The number of amides is 2. The number of piperazine rings is 1. The lowest BCUT2D eigenvalue weighted by molar-refractivity contribution is -0.111. The van der Waals surface area contributed by atoms with Crippen molar-refractivity contribution in [2.24, 2.45) is 0 Å². The van der Waals surface area contributed by atoms with Crippen LogP contribution in [-0.4, -0.2) is 56.6 Å². The molecule has 1 saturated heterocycles. The number of nitrogens with zero attached hydrogens (tertiary/aromatic N) is 2. The zero-order valence-electron chi connectivity index (χ0n) is 22.3. The summed E-state index contributed by atoms with van der Waals surface area (Å²) >= 11 is 0. The summed E-state index contributed by atoms with van der Waals surface area (Å²) < 4.78 is 10.9. The molecule has 198 valence electrons. The van der Waals surface area contributed by atoms with E-state index in [2.05, 4.69) is 17.1 Å². The fourth-order valence-electron chi connectivity index (χ4n) is 4.41. The molecular formula is C31H35N3O4. The van der Waals surface area contributed by atoms with Crippen LogP contribution >= 0.6 is 0 Å². The van der Waals surface area contributed by atoms with Gasteiger partial charge in [0.15, 0.2) is 11.5 Å². The topological polar surface area (TPSA) is 71.1 Å². The van der Waals surface area contributed by atoms with E-state index in [9.17, 15) is 9.59 Å². The predicted octanol–water partition coefficient (Wildman–Crippen LogP) is 5.27. The van der Waals surface area contributed by atoms with Crippen LogP contribution in [0, 0.1) is 0 Å². The van der Waals surface area contributed by atoms with E-state index in [1.165, 1.54) is 11.6 Å². The SMILES string of the molecule is CCOc1ccc(/C=C/C(=O)Nc2ccc(N3CCN(C(=O)c4ccc(CC)cc4)CC3)cc2)cc1OC. The average molecular weight is 514 g/mol. The van der Waals surface area contributed by atoms with Gasteiger partial charge in [-0.3, -0.25) is 9.59 Å². The fourth-order valence-corrected chi connectivity index (χ4v) is 4.41. The third kappa shape index (κ3) is 6.73. The number of nitrogens with one attached hydrogen (secondary N) is 1. The Morgan fingerprint density at radius 3 is 2.24 bits per heavy atom. The van der Waals surface area contributed by atoms with E-state index in [1.807, 2.05) is 78.6 Å². The van der Waals surface area contributed by atoms with Crippen LogP contribution in [0.5, 0.6) is 11.5 Å². The maximum absolute atomic E-state index is 12.9. The van der Waals surface area contributed by atoms with Gasteiger partial charge in [0.2, 0.25) is 5.91 Å². The Balaban J connectivity index is 1.28. The Morgan fingerprint density at radius 2 is 1.61 bits per heavy atom. The second-order valence-electron chi connectivity index (χ2n) is 9.04. The van der Waals surface area contributed by atoms with Gasteiger partial charge in [-0.1, -0.05) is 25.1 Å². The van der Waals surface area contributed by atoms with Gasteiger partial charge < -0.3 is 24.6 Å². The minimum Gasteiger partial charge on any atom is -0.493 e. The molecule has 1 aliphatic heterocycles. The summed E-state index contributed by atoms with van der Waals surface area (Å²) in [5.74, 6) is 1.17. The summed E-state index contributed by atoms with van der Waals surface area (Å²) in [6.07, 6.45) is 4.20. The monoisotopic (exact) mass is 513 g/mol. The van der Waals surface area contributed by atoms with Crippen molar-refractivity contribution >= 4 is 29.3 Å². The van der Waals surface area contributed by atoms with Gasteiger partial charge in [0, 0.05) is 49.2 Å². The van der Waals surface area contributed by atoms with Gasteiger partial charge in [-0.2, -0.15) is 0 Å². The standard InChI is InChI=1S/C31H35N3O4/c1-4-23-6-10-25(11-7-23)31(36)34-20-18-33(19-21-34)27-14-12-26(13-15-27)32-30(35)17-9-24-8-16-28(38-5-2)29(22-24)37-3/h6-17,22H,4-5,18-21H2,1-3H3,(H,32,35)/b17-9+. The number of benzene rings is 3. The molecule has 3 aromatic carbocycles. The molecule has 1 aliphatic rings. The van der Waals surface area contributed by atoms with E-state index >= 15 is 0 Å². The first-order chi connectivity index (χ1) is 18.5. The molecule has 4 rings (SSSR count). The Kier molecular flexibility index (Phi) is 9.03. The third-order valence-electron chi connectivity index (χ3n) is 6.59. The molecule has 0 saturated carbocycles. The summed E-state index contributed by atoms with van der Waals surface area (Å²) in [6, 6.07) is 21.2. The third-order valence-corrected chi connectivity index (χ3v) is 6.59. The van der Waals surface area contributed by atoms with Crippen LogP contribution in [-0.2, 0) is 11.2 Å². The fraction of sp³-hybridized carbons (Fsp3) is 0.290. The Bertz CT molecular complexity index is 1260. The molecule has 38 heavy (non-hydrogen) atoms. The van der Waals surface area contributed by atoms with Crippen molar-refractivity contribution in [1.82, 2.24) is 4.90 Å². The van der Waals surface area contributed by atoms with E-state index in [-0.39, 0.29) is 11.8 Å². The molecule has 0 spiro atoms. The van der Waals surface area contributed by atoms with Crippen LogP contribution in [0.3, 0.4) is 0 Å². The van der Waals surface area contributed by atoms with E-state index in [0.29, 0.717) is 31.2 Å². The van der Waals surface area contributed by atoms with Gasteiger partial charge in [-0.15, -0.1) is 0 Å². The zero-order chi connectivity index (χ0) is 26.9. The number of anilines is 2. The van der Waals surface area contributed by atoms with Crippen LogP contribution in [0.2, 0.25) is 0 Å². The molecule has 7 nitrogen and oxygen atoms in total. The summed E-state index contributed by atoms with van der Waals surface area (Å²) in [5.41, 5.74) is 4.60. The number of hydrogen-bond donors (Lipinski definition) is 1. The largest absolute Gasteiger partial charge is 0.493 e. The smallest absolute Gasteiger partial charge is 0.253 e. The van der Waals surface area contributed by atoms with Crippen LogP contribution < -0.4 is 19.7 Å². The lowest BCUT2D eigenvalue weighted by Gasteiger charge is -2.36. The molecule has 2 amide bonds. The molecule has 0 atom stereocenters. The second kappa shape index (κ2) is 12.8. The van der Waals surface area contributed by atoms with Crippen LogP contribution in [0.4, 0.5) is 11.4 Å². The number of hydrogen-bond acceptors (Lipinski definition) is 5. The van der Waals surface area contributed by atoms with E-state index in [0.717, 1.165) is 42.0 Å². The highest BCUT2D eigenvalue weighted by Gasteiger charge is 2.22. The number of rotatable bonds is 9. The second-order valence-corrected chi connectivity index (χ2v) is 9.04. The Hall–Kier alpha value is -4.26. The van der Waals surface area contributed by atoms with Crippen molar-refractivity contribution in [3.8, 4) is 11.5 Å². The molecule has 0 unspecified atom stereocenters. The summed E-state index contributed by atoms with van der Waals surface area (Å²) in [5, 5.41) is 2.90. The highest BCUT2D eigenvalue weighted by Crippen LogP contribution is 2.28. The highest BCUT2D eigenvalue weighted by atomic mass is 16.5. The lowest BCUT2D eigenvalue weighted by Crippen LogP contribution is -2.48. The first kappa shape index (κ1) is 26.8. The molecule has 0 bridgehead atoms. The molecule has 7 heteroatoms. The van der Waals surface area contributed by atoms with Crippen LogP contribution in [0.15, 0.2) is 72.8 Å². The number of methoxy groups -OCH3 is 1.